The van der Waals surface area contributed by atoms with Crippen molar-refractivity contribution in [3.63, 3.8) is 0 Å². The van der Waals surface area contributed by atoms with E-state index in [-0.39, 0.29) is 23.8 Å². The van der Waals surface area contributed by atoms with Gasteiger partial charge in [-0.2, -0.15) is 0 Å². The first-order valence-corrected chi connectivity index (χ1v) is 7.07. The summed E-state index contributed by atoms with van der Waals surface area (Å²) in [5.41, 5.74) is 5.62. The molecule has 1 aliphatic rings. The lowest BCUT2D eigenvalue weighted by Crippen LogP contribution is -2.39. The zero-order valence-corrected chi connectivity index (χ0v) is 11.7. The van der Waals surface area contributed by atoms with Crippen molar-refractivity contribution in [2.24, 2.45) is 23.0 Å². The molecule has 1 fully saturated rings. The van der Waals surface area contributed by atoms with Crippen LogP contribution in [-0.4, -0.2) is 30.7 Å². The largest absolute Gasteiger partial charge is 0.396 e. The molecule has 0 radical (unpaired) electrons. The third-order valence-corrected chi connectivity index (χ3v) is 4.08. The van der Waals surface area contributed by atoms with Crippen LogP contribution < -0.4 is 11.1 Å². The van der Waals surface area contributed by atoms with E-state index in [1.165, 1.54) is 0 Å². The van der Waals surface area contributed by atoms with E-state index in [1.54, 1.807) is 0 Å². The van der Waals surface area contributed by atoms with E-state index in [0.717, 1.165) is 32.2 Å². The number of hydrogen-bond donors (Lipinski definition) is 3. The maximum Gasteiger partial charge on any atom is 0.223 e. The van der Waals surface area contributed by atoms with Crippen LogP contribution in [0, 0.1) is 17.3 Å². The van der Waals surface area contributed by atoms with Gasteiger partial charge in [-0.15, -0.1) is 0 Å². The molecule has 0 unspecified atom stereocenters. The summed E-state index contributed by atoms with van der Waals surface area (Å²) in [5, 5.41) is 12.0. The van der Waals surface area contributed by atoms with Gasteiger partial charge in [-0.3, -0.25) is 4.79 Å². The molecule has 1 amide bonds. The van der Waals surface area contributed by atoms with E-state index in [4.69, 9.17) is 10.8 Å². The van der Waals surface area contributed by atoms with Crippen LogP contribution in [0.25, 0.3) is 0 Å². The molecule has 1 saturated carbocycles. The van der Waals surface area contributed by atoms with Crippen LogP contribution in [0.3, 0.4) is 0 Å². The minimum absolute atomic E-state index is 0.0289. The van der Waals surface area contributed by atoms with E-state index in [0.29, 0.717) is 18.9 Å². The van der Waals surface area contributed by atoms with Crippen molar-refractivity contribution in [1.29, 1.82) is 0 Å². The molecule has 0 aromatic heterocycles. The Morgan fingerprint density at radius 3 is 2.44 bits per heavy atom. The highest BCUT2D eigenvalue weighted by atomic mass is 16.3. The number of nitrogens with one attached hydrogen (secondary N) is 1. The van der Waals surface area contributed by atoms with Gasteiger partial charge in [0, 0.05) is 19.1 Å². The molecule has 0 heterocycles. The number of amides is 1. The second-order valence-corrected chi connectivity index (χ2v) is 6.31. The predicted molar refractivity (Wildman–Crippen MR) is 73.0 cm³/mol. The van der Waals surface area contributed by atoms with Crippen molar-refractivity contribution in [1.82, 2.24) is 5.32 Å². The second kappa shape index (κ2) is 7.10. The zero-order chi connectivity index (χ0) is 13.6. The number of nitrogens with two attached hydrogens (primary N) is 1. The smallest absolute Gasteiger partial charge is 0.223 e. The average Bonchev–Trinajstić information content (AvgIpc) is 2.36. The van der Waals surface area contributed by atoms with Gasteiger partial charge in [0.2, 0.25) is 5.91 Å². The first-order valence-electron chi connectivity index (χ1n) is 7.07. The first kappa shape index (κ1) is 15.4. The van der Waals surface area contributed by atoms with Crippen molar-refractivity contribution in [3.05, 3.63) is 0 Å². The highest BCUT2D eigenvalue weighted by Crippen LogP contribution is 2.28. The lowest BCUT2D eigenvalue weighted by molar-refractivity contribution is -0.126. The molecule has 0 saturated heterocycles. The van der Waals surface area contributed by atoms with E-state index >= 15 is 0 Å². The SMILES string of the molecule is CC(C)(CCO)CNC(=O)C1CCC(CN)CC1. The summed E-state index contributed by atoms with van der Waals surface area (Å²) < 4.78 is 0. The van der Waals surface area contributed by atoms with Crippen LogP contribution >= 0.6 is 0 Å². The van der Waals surface area contributed by atoms with Gasteiger partial charge in [0.1, 0.15) is 0 Å². The highest BCUT2D eigenvalue weighted by Gasteiger charge is 2.26. The average molecular weight is 256 g/mol. The topological polar surface area (TPSA) is 75.3 Å². The quantitative estimate of drug-likeness (QED) is 0.670. The maximum absolute atomic E-state index is 12.0. The van der Waals surface area contributed by atoms with Crippen LogP contribution in [0.1, 0.15) is 46.0 Å². The van der Waals surface area contributed by atoms with Gasteiger partial charge >= 0.3 is 0 Å². The van der Waals surface area contributed by atoms with Crippen molar-refractivity contribution in [2.75, 3.05) is 19.7 Å². The number of aliphatic hydroxyl groups excluding tert-OH is 1. The highest BCUT2D eigenvalue weighted by molar-refractivity contribution is 5.78. The summed E-state index contributed by atoms with van der Waals surface area (Å²) >= 11 is 0. The summed E-state index contributed by atoms with van der Waals surface area (Å²) in [6.07, 6.45) is 4.80. The molecule has 0 aromatic rings. The number of rotatable bonds is 6. The summed E-state index contributed by atoms with van der Waals surface area (Å²) in [7, 11) is 0. The Labute approximate surface area is 110 Å². The van der Waals surface area contributed by atoms with Gasteiger partial charge in [0.25, 0.3) is 0 Å². The Hall–Kier alpha value is -0.610. The van der Waals surface area contributed by atoms with Crippen LogP contribution in [0.4, 0.5) is 0 Å². The molecule has 0 bridgehead atoms. The lowest BCUT2D eigenvalue weighted by atomic mass is 9.81. The van der Waals surface area contributed by atoms with Crippen molar-refractivity contribution >= 4 is 5.91 Å². The van der Waals surface area contributed by atoms with E-state index in [9.17, 15) is 4.79 Å². The number of aliphatic hydroxyl groups is 1. The van der Waals surface area contributed by atoms with Crippen molar-refractivity contribution in [2.45, 2.75) is 46.0 Å². The third kappa shape index (κ3) is 4.94. The summed E-state index contributed by atoms with van der Waals surface area (Å²) in [5.74, 6) is 0.953. The number of carbonyl (C=O) groups excluding carboxylic acids is 1. The molecular weight excluding hydrogens is 228 g/mol. The van der Waals surface area contributed by atoms with Crippen LogP contribution in [0.15, 0.2) is 0 Å². The Morgan fingerprint density at radius 1 is 1.33 bits per heavy atom. The normalized spacial score (nSPS) is 24.9. The Kier molecular flexibility index (Phi) is 6.09. The molecule has 0 atom stereocenters. The third-order valence-electron chi connectivity index (χ3n) is 4.08. The fourth-order valence-corrected chi connectivity index (χ4v) is 2.52. The number of hydrogen-bond acceptors (Lipinski definition) is 3. The summed E-state index contributed by atoms with van der Waals surface area (Å²) in [6, 6.07) is 0. The Balaban J connectivity index is 2.29. The van der Waals surface area contributed by atoms with Gasteiger partial charge < -0.3 is 16.2 Å². The monoisotopic (exact) mass is 256 g/mol. The summed E-state index contributed by atoms with van der Waals surface area (Å²) in [4.78, 5) is 12.0. The second-order valence-electron chi connectivity index (χ2n) is 6.31. The van der Waals surface area contributed by atoms with Gasteiger partial charge in [0.15, 0.2) is 0 Å². The minimum atomic E-state index is -0.0289. The lowest BCUT2D eigenvalue weighted by Gasteiger charge is -2.29. The Bertz CT molecular complexity index is 259. The zero-order valence-electron chi connectivity index (χ0n) is 11.7. The fourth-order valence-electron chi connectivity index (χ4n) is 2.52. The predicted octanol–water partition coefficient (Wildman–Crippen LogP) is 1.28. The summed E-state index contributed by atoms with van der Waals surface area (Å²) in [6.45, 7) is 5.69. The van der Waals surface area contributed by atoms with E-state index < -0.39 is 0 Å². The van der Waals surface area contributed by atoms with Gasteiger partial charge in [-0.05, 0) is 50.0 Å². The van der Waals surface area contributed by atoms with Crippen LogP contribution in [0.2, 0.25) is 0 Å². The standard InChI is InChI=1S/C14H28N2O2/c1-14(2,7-8-17)10-16-13(18)12-5-3-11(9-15)4-6-12/h11-12,17H,3-10,15H2,1-2H3,(H,16,18). The van der Waals surface area contributed by atoms with Crippen LogP contribution in [-0.2, 0) is 4.79 Å². The van der Waals surface area contributed by atoms with Crippen molar-refractivity contribution in [3.8, 4) is 0 Å². The van der Waals surface area contributed by atoms with Gasteiger partial charge in [0.05, 0.1) is 0 Å². The van der Waals surface area contributed by atoms with Crippen LogP contribution in [0.5, 0.6) is 0 Å². The number of carbonyl (C=O) groups is 1. The molecule has 1 aliphatic carbocycles. The minimum Gasteiger partial charge on any atom is -0.396 e. The van der Waals surface area contributed by atoms with E-state index in [1.807, 2.05) is 0 Å². The first-order chi connectivity index (χ1) is 8.48. The molecule has 4 heteroatoms. The molecule has 0 spiro atoms. The molecule has 0 aromatic carbocycles. The Morgan fingerprint density at radius 2 is 1.94 bits per heavy atom. The van der Waals surface area contributed by atoms with E-state index in [2.05, 4.69) is 19.2 Å². The molecular formula is C14H28N2O2. The molecule has 4 N–H and O–H groups in total. The molecule has 18 heavy (non-hydrogen) atoms. The van der Waals surface area contributed by atoms with Gasteiger partial charge in [-0.25, -0.2) is 0 Å². The van der Waals surface area contributed by atoms with Crippen molar-refractivity contribution < 1.29 is 9.90 Å². The molecule has 0 aliphatic heterocycles. The molecule has 1 rings (SSSR count). The molecule has 4 nitrogen and oxygen atoms in total. The maximum atomic E-state index is 12.0. The fraction of sp³-hybridized carbons (Fsp3) is 0.929. The molecule has 106 valence electrons. The van der Waals surface area contributed by atoms with Gasteiger partial charge in [-0.1, -0.05) is 13.8 Å².